The van der Waals surface area contributed by atoms with Gasteiger partial charge in [0.1, 0.15) is 11.3 Å². The van der Waals surface area contributed by atoms with E-state index in [9.17, 15) is 5.11 Å². The molecule has 1 aliphatic heterocycles. The molecule has 1 fully saturated rings. The van der Waals surface area contributed by atoms with Gasteiger partial charge in [-0.15, -0.1) is 0 Å². The molecule has 0 aliphatic carbocycles. The van der Waals surface area contributed by atoms with E-state index in [0.717, 1.165) is 41.1 Å². The highest BCUT2D eigenvalue weighted by Crippen LogP contribution is 2.33. The first kappa shape index (κ1) is 20.5. The van der Waals surface area contributed by atoms with E-state index in [1.54, 1.807) is 12.3 Å². The van der Waals surface area contributed by atoms with Gasteiger partial charge in [-0.25, -0.2) is 9.97 Å². The molecule has 0 spiro atoms. The van der Waals surface area contributed by atoms with Gasteiger partial charge in [-0.05, 0) is 55.8 Å². The van der Waals surface area contributed by atoms with Crippen LogP contribution in [0.1, 0.15) is 19.4 Å². The number of benzene rings is 2. The van der Waals surface area contributed by atoms with Crippen LogP contribution in [0.25, 0.3) is 33.7 Å². The van der Waals surface area contributed by atoms with Crippen molar-refractivity contribution in [3.63, 3.8) is 0 Å². The van der Waals surface area contributed by atoms with Crippen molar-refractivity contribution in [3.8, 4) is 22.5 Å². The highest BCUT2D eigenvalue weighted by atomic mass is 16.5. The zero-order valence-electron chi connectivity index (χ0n) is 18.2. The minimum atomic E-state index is -0.136. The number of pyridine rings is 1. The lowest BCUT2D eigenvalue weighted by molar-refractivity contribution is -0.00521. The number of rotatable bonds is 4. The van der Waals surface area contributed by atoms with Crippen LogP contribution >= 0.6 is 0 Å². The van der Waals surface area contributed by atoms with Crippen molar-refractivity contribution < 1.29 is 9.84 Å². The van der Waals surface area contributed by atoms with Crippen LogP contribution in [0.15, 0.2) is 54.7 Å². The summed E-state index contributed by atoms with van der Waals surface area (Å²) in [6.45, 7) is 5.85. The second-order valence-electron chi connectivity index (χ2n) is 8.38. The normalized spacial score (nSPS) is 18.9. The minimum Gasteiger partial charge on any atom is -0.398 e. The topological polar surface area (TPSA) is 100 Å². The number of nitrogens with one attached hydrogen (secondary N) is 1. The molecule has 1 aliphatic rings. The average Bonchev–Trinajstić information content (AvgIpc) is 3.23. The summed E-state index contributed by atoms with van der Waals surface area (Å²) in [5.74, 6) is 0.754. The van der Waals surface area contributed by atoms with Crippen molar-refractivity contribution in [1.29, 1.82) is 0 Å². The maximum absolute atomic E-state index is 9.85. The van der Waals surface area contributed by atoms with Crippen LogP contribution in [0.5, 0.6) is 0 Å². The fourth-order valence-electron chi connectivity index (χ4n) is 4.52. The van der Waals surface area contributed by atoms with Crippen LogP contribution in [-0.2, 0) is 11.3 Å². The number of hydrogen-bond donors (Lipinski definition) is 3. The van der Waals surface area contributed by atoms with Crippen LogP contribution in [0.4, 0.5) is 11.4 Å². The number of morpholine rings is 1. The van der Waals surface area contributed by atoms with E-state index in [0.29, 0.717) is 16.9 Å². The number of H-pyrrole nitrogens is 1. The lowest BCUT2D eigenvalue weighted by atomic mass is 9.99. The van der Waals surface area contributed by atoms with Crippen LogP contribution < -0.4 is 10.6 Å². The van der Waals surface area contributed by atoms with Gasteiger partial charge in [0.15, 0.2) is 5.65 Å². The second-order valence-corrected chi connectivity index (χ2v) is 8.38. The molecular weight excluding hydrogens is 402 g/mol. The quantitative estimate of drug-likeness (QED) is 0.424. The summed E-state index contributed by atoms with van der Waals surface area (Å²) in [4.78, 5) is 15.0. The molecule has 7 heteroatoms. The van der Waals surface area contributed by atoms with E-state index in [-0.39, 0.29) is 18.8 Å². The average molecular weight is 430 g/mol. The van der Waals surface area contributed by atoms with Crippen LogP contribution in [0, 0.1) is 0 Å². The van der Waals surface area contributed by atoms with Crippen molar-refractivity contribution in [3.05, 3.63) is 60.3 Å². The Bertz CT molecular complexity index is 1240. The number of nitrogens with zero attached hydrogens (tertiary/aromatic N) is 3. The molecule has 32 heavy (non-hydrogen) atoms. The fourth-order valence-corrected chi connectivity index (χ4v) is 4.52. The lowest BCUT2D eigenvalue weighted by Gasteiger charge is -2.36. The Labute approximate surface area is 186 Å². The number of aromatic nitrogens is 3. The lowest BCUT2D eigenvalue weighted by Crippen LogP contribution is -2.45. The van der Waals surface area contributed by atoms with Crippen LogP contribution in [0.2, 0.25) is 0 Å². The fraction of sp³-hybridized carbons (Fsp3) is 0.280. The molecular formula is C25H27N5O2. The van der Waals surface area contributed by atoms with Crippen molar-refractivity contribution in [2.24, 2.45) is 0 Å². The minimum absolute atomic E-state index is 0.136. The largest absolute Gasteiger partial charge is 0.398 e. The van der Waals surface area contributed by atoms with Gasteiger partial charge in [0.25, 0.3) is 0 Å². The molecule has 5 rings (SSSR count). The Balaban J connectivity index is 1.50. The monoisotopic (exact) mass is 429 g/mol. The molecule has 0 amide bonds. The highest BCUT2D eigenvalue weighted by Gasteiger charge is 2.22. The van der Waals surface area contributed by atoms with Crippen LogP contribution in [0.3, 0.4) is 0 Å². The molecule has 0 unspecified atom stereocenters. The van der Waals surface area contributed by atoms with Gasteiger partial charge in [-0.3, -0.25) is 0 Å². The second kappa shape index (κ2) is 8.26. The van der Waals surface area contributed by atoms with E-state index in [2.05, 4.69) is 53.0 Å². The van der Waals surface area contributed by atoms with E-state index in [4.69, 9.17) is 15.5 Å². The van der Waals surface area contributed by atoms with E-state index >= 15 is 0 Å². The standard InChI is InChI=1S/C25H27N5O2/c1-15-12-30(13-16(2)32-15)18-8-6-17(7-9-18)24-28-23-20(10-11-27-25(23)29-24)19-4-3-5-22(26)21(19)14-31/h3-11,15-16,31H,12-14,26H2,1-2H3,(H,27,28,29)/t15-,16+. The number of aromatic amines is 1. The van der Waals surface area contributed by atoms with Gasteiger partial charge in [-0.1, -0.05) is 12.1 Å². The van der Waals surface area contributed by atoms with Crippen molar-refractivity contribution >= 4 is 22.5 Å². The molecule has 4 N–H and O–H groups in total. The zero-order chi connectivity index (χ0) is 22.2. The zero-order valence-corrected chi connectivity index (χ0v) is 18.2. The maximum Gasteiger partial charge on any atom is 0.158 e. The van der Waals surface area contributed by atoms with E-state index in [1.807, 2.05) is 18.2 Å². The van der Waals surface area contributed by atoms with Crippen LogP contribution in [-0.4, -0.2) is 45.4 Å². The summed E-state index contributed by atoms with van der Waals surface area (Å²) in [6.07, 6.45) is 2.18. The molecule has 2 aromatic heterocycles. The molecule has 2 aromatic carbocycles. The Morgan fingerprint density at radius 1 is 1.06 bits per heavy atom. The summed E-state index contributed by atoms with van der Waals surface area (Å²) in [6, 6.07) is 16.0. The van der Waals surface area contributed by atoms with Crippen molar-refractivity contribution in [2.45, 2.75) is 32.7 Å². The van der Waals surface area contributed by atoms with Gasteiger partial charge in [0.2, 0.25) is 0 Å². The summed E-state index contributed by atoms with van der Waals surface area (Å²) in [5, 5.41) is 9.85. The number of aliphatic hydroxyl groups excluding tert-OH is 1. The van der Waals surface area contributed by atoms with E-state index in [1.165, 1.54) is 5.69 Å². The van der Waals surface area contributed by atoms with Crippen molar-refractivity contribution in [2.75, 3.05) is 23.7 Å². The Hall–Kier alpha value is -3.42. The molecule has 0 bridgehead atoms. The predicted molar refractivity (Wildman–Crippen MR) is 127 cm³/mol. The summed E-state index contributed by atoms with van der Waals surface area (Å²) >= 11 is 0. The molecule has 3 heterocycles. The Morgan fingerprint density at radius 3 is 2.53 bits per heavy atom. The Kier molecular flexibility index (Phi) is 5.28. The number of aliphatic hydroxyl groups is 1. The smallest absolute Gasteiger partial charge is 0.158 e. The highest BCUT2D eigenvalue weighted by molar-refractivity contribution is 5.93. The SMILES string of the molecule is C[C@@H]1CN(c2ccc(-c3nc4c(-c5cccc(N)c5CO)ccnc4[nH]3)cc2)C[C@H](C)O1. The molecule has 1 saturated heterocycles. The first-order chi connectivity index (χ1) is 15.5. The van der Waals surface area contributed by atoms with Gasteiger partial charge in [-0.2, -0.15) is 0 Å². The first-order valence-electron chi connectivity index (χ1n) is 10.9. The number of ether oxygens (including phenoxy) is 1. The van der Waals surface area contributed by atoms with Gasteiger partial charge >= 0.3 is 0 Å². The number of imidazole rings is 1. The van der Waals surface area contributed by atoms with Gasteiger partial charge < -0.3 is 25.5 Å². The molecule has 2 atom stereocenters. The third-order valence-corrected chi connectivity index (χ3v) is 5.97. The van der Waals surface area contributed by atoms with Gasteiger partial charge in [0, 0.05) is 47.4 Å². The Morgan fingerprint density at radius 2 is 1.81 bits per heavy atom. The molecule has 4 aromatic rings. The van der Waals surface area contributed by atoms with E-state index < -0.39 is 0 Å². The molecule has 0 radical (unpaired) electrons. The van der Waals surface area contributed by atoms with Crippen molar-refractivity contribution in [1.82, 2.24) is 15.0 Å². The molecule has 7 nitrogen and oxygen atoms in total. The third-order valence-electron chi connectivity index (χ3n) is 5.97. The maximum atomic E-state index is 9.85. The third kappa shape index (κ3) is 3.70. The number of hydrogen-bond acceptors (Lipinski definition) is 6. The predicted octanol–water partition coefficient (Wildman–Crippen LogP) is 3.98. The molecule has 164 valence electrons. The molecule has 0 saturated carbocycles. The number of nitrogen functional groups attached to an aromatic ring is 1. The number of anilines is 2. The first-order valence-corrected chi connectivity index (χ1v) is 10.9. The summed E-state index contributed by atoms with van der Waals surface area (Å²) in [7, 11) is 0. The summed E-state index contributed by atoms with van der Waals surface area (Å²) < 4.78 is 5.85. The summed E-state index contributed by atoms with van der Waals surface area (Å²) in [5.41, 5.74) is 12.7. The number of nitrogens with two attached hydrogens (primary N) is 1. The van der Waals surface area contributed by atoms with Gasteiger partial charge in [0.05, 0.1) is 18.8 Å². The number of fused-ring (bicyclic) bond motifs is 1.